The molecule has 1 aliphatic heterocycles. The number of carbonyl (C=O) groups is 6. The van der Waals surface area contributed by atoms with E-state index in [9.17, 15) is 38.4 Å². The molecular weight excluding hydrogens is 579 g/mol. The Morgan fingerprint density at radius 3 is 2.26 bits per heavy atom. The van der Waals surface area contributed by atoms with E-state index in [1.807, 2.05) is 0 Å². The lowest BCUT2D eigenvalue weighted by Gasteiger charge is -2.28. The van der Waals surface area contributed by atoms with Crippen LogP contribution in [0.15, 0.2) is 24.3 Å². The van der Waals surface area contributed by atoms with Crippen molar-refractivity contribution in [2.75, 3.05) is 0 Å². The summed E-state index contributed by atoms with van der Waals surface area (Å²) in [4.78, 5) is 92.1. The highest BCUT2D eigenvalue weighted by Crippen LogP contribution is 2.37. The summed E-state index contributed by atoms with van der Waals surface area (Å²) in [7, 11) is -4.77. The summed E-state index contributed by atoms with van der Waals surface area (Å²) in [5.41, 5.74) is 0.495. The summed E-state index contributed by atoms with van der Waals surface area (Å²) in [6, 6.07) is 0.299. The van der Waals surface area contributed by atoms with Gasteiger partial charge in [0.05, 0.1) is 0 Å². The van der Waals surface area contributed by atoms with E-state index in [4.69, 9.17) is 14.9 Å². The molecule has 5 atom stereocenters. The first-order valence-corrected chi connectivity index (χ1v) is 14.6. The molecule has 0 aromatic heterocycles. The molecule has 42 heavy (non-hydrogen) atoms. The van der Waals surface area contributed by atoms with Crippen LogP contribution in [0.5, 0.6) is 5.75 Å². The van der Waals surface area contributed by atoms with Crippen molar-refractivity contribution < 1.29 is 57.9 Å². The Bertz CT molecular complexity index is 1220. The zero-order valence-electron chi connectivity index (χ0n) is 22.9. The number of phosphoric ester groups is 1. The average molecular weight is 615 g/mol. The van der Waals surface area contributed by atoms with Gasteiger partial charge in [-0.15, -0.1) is 0 Å². The first kappa shape index (κ1) is 34.2. The van der Waals surface area contributed by atoms with Gasteiger partial charge in [-0.05, 0) is 36.5 Å². The quantitative estimate of drug-likeness (QED) is 0.123. The standard InChI is InChI=1S/C25H35N4O12P/c1-3-13(2)21(25(36)37)29-23(34)17(9-11-20(31)32)27-22(33)16-8-10-19(30)26-18(24(35)28-16)12-14-4-6-15(7-5-14)41-42(38,39)40/h4-7,13,16-18,21H,3,8-12H2,1-2H3,(H,26,30)(H,27,33)(H,28,35)(H,29,34)(H,31,32)(H,36,37)(H2,38,39,40)/t13-,16+,17+,18+,21+/m1/s1. The molecule has 1 fully saturated rings. The Morgan fingerprint density at radius 2 is 1.71 bits per heavy atom. The summed E-state index contributed by atoms with van der Waals surface area (Å²) in [5.74, 6) is -6.16. The van der Waals surface area contributed by atoms with E-state index in [1.54, 1.807) is 13.8 Å². The molecule has 1 aromatic carbocycles. The number of aliphatic carboxylic acids is 2. The van der Waals surface area contributed by atoms with E-state index in [0.717, 1.165) is 0 Å². The molecule has 0 radical (unpaired) electrons. The van der Waals surface area contributed by atoms with Gasteiger partial charge in [-0.1, -0.05) is 32.4 Å². The smallest absolute Gasteiger partial charge is 0.481 e. The van der Waals surface area contributed by atoms with Gasteiger partial charge in [0.2, 0.25) is 23.6 Å². The molecule has 232 valence electrons. The number of carboxylic acid groups (broad SMARTS) is 2. The number of phosphoric acid groups is 1. The molecule has 0 aliphatic carbocycles. The van der Waals surface area contributed by atoms with E-state index in [1.165, 1.54) is 24.3 Å². The van der Waals surface area contributed by atoms with Gasteiger partial charge >= 0.3 is 19.8 Å². The molecule has 2 rings (SSSR count). The molecule has 0 saturated carbocycles. The van der Waals surface area contributed by atoms with Gasteiger partial charge in [-0.3, -0.25) is 33.8 Å². The van der Waals surface area contributed by atoms with Crippen LogP contribution in [0.1, 0.15) is 51.5 Å². The molecule has 1 saturated heterocycles. The van der Waals surface area contributed by atoms with E-state index in [-0.39, 0.29) is 31.4 Å². The number of rotatable bonds is 14. The molecule has 0 bridgehead atoms. The normalized spacial score (nSPS) is 19.5. The van der Waals surface area contributed by atoms with Crippen LogP contribution in [0.4, 0.5) is 0 Å². The second kappa shape index (κ2) is 15.3. The van der Waals surface area contributed by atoms with Crippen molar-refractivity contribution in [1.82, 2.24) is 21.3 Å². The Kier molecular flexibility index (Phi) is 12.4. The lowest BCUT2D eigenvalue weighted by molar-refractivity contribution is -0.144. The number of amides is 4. The summed E-state index contributed by atoms with van der Waals surface area (Å²) >= 11 is 0. The van der Waals surface area contributed by atoms with Gasteiger partial charge in [0, 0.05) is 19.3 Å². The summed E-state index contributed by atoms with van der Waals surface area (Å²) in [5, 5.41) is 28.4. The molecule has 8 N–H and O–H groups in total. The molecule has 0 unspecified atom stereocenters. The van der Waals surface area contributed by atoms with Crippen LogP contribution in [0.25, 0.3) is 0 Å². The number of carboxylic acids is 2. The minimum atomic E-state index is -4.77. The molecule has 1 aromatic rings. The third-order valence-electron chi connectivity index (χ3n) is 6.59. The van der Waals surface area contributed by atoms with Gasteiger partial charge in [0.1, 0.15) is 29.9 Å². The second-order valence-corrected chi connectivity index (χ2v) is 11.0. The highest BCUT2D eigenvalue weighted by Gasteiger charge is 2.34. The van der Waals surface area contributed by atoms with Crippen LogP contribution >= 0.6 is 7.82 Å². The van der Waals surface area contributed by atoms with Crippen molar-refractivity contribution in [2.45, 2.75) is 76.5 Å². The Morgan fingerprint density at radius 1 is 1.07 bits per heavy atom. The predicted molar refractivity (Wildman–Crippen MR) is 144 cm³/mol. The SMILES string of the molecule is CC[C@@H](C)[C@H](NC(=O)[C@H](CCC(=O)O)NC(=O)[C@@H]1CCC(=O)N[C@@H](Cc2ccc(OP(=O)(O)O)cc2)C(=O)N1)C(=O)O. The third kappa shape index (κ3) is 11.1. The van der Waals surface area contributed by atoms with Crippen molar-refractivity contribution in [3.8, 4) is 5.75 Å². The number of hydrogen-bond donors (Lipinski definition) is 8. The number of nitrogens with one attached hydrogen (secondary N) is 4. The third-order valence-corrected chi connectivity index (χ3v) is 7.04. The summed E-state index contributed by atoms with van der Waals surface area (Å²) in [6.07, 6.45) is -0.804. The van der Waals surface area contributed by atoms with Gasteiger partial charge < -0.3 is 36.0 Å². The minimum absolute atomic E-state index is 0.0437. The lowest BCUT2D eigenvalue weighted by Crippen LogP contribution is -2.59. The molecule has 17 heteroatoms. The number of carbonyl (C=O) groups excluding carboxylic acids is 4. The van der Waals surface area contributed by atoms with Crippen LogP contribution < -0.4 is 25.8 Å². The first-order chi connectivity index (χ1) is 19.6. The fourth-order valence-corrected chi connectivity index (χ4v) is 4.49. The molecule has 1 aliphatic rings. The fraction of sp³-hybridized carbons (Fsp3) is 0.520. The van der Waals surface area contributed by atoms with E-state index in [2.05, 4.69) is 25.8 Å². The molecule has 16 nitrogen and oxygen atoms in total. The number of hydrogen-bond acceptors (Lipinski definition) is 8. The van der Waals surface area contributed by atoms with Crippen LogP contribution in [-0.2, 0) is 39.8 Å². The van der Waals surface area contributed by atoms with Crippen molar-refractivity contribution in [1.29, 1.82) is 0 Å². The maximum atomic E-state index is 13.1. The highest BCUT2D eigenvalue weighted by atomic mass is 31.2. The van der Waals surface area contributed by atoms with Crippen LogP contribution in [-0.4, -0.2) is 79.7 Å². The number of benzene rings is 1. The molecule has 1 heterocycles. The first-order valence-electron chi connectivity index (χ1n) is 13.1. The maximum Gasteiger partial charge on any atom is 0.524 e. The second-order valence-electron chi connectivity index (χ2n) is 9.85. The van der Waals surface area contributed by atoms with E-state index < -0.39 is 79.9 Å². The topological polar surface area (TPSA) is 258 Å². The Balaban J connectivity index is 2.15. The van der Waals surface area contributed by atoms with Gasteiger partial charge in [-0.2, -0.15) is 0 Å². The van der Waals surface area contributed by atoms with Crippen LogP contribution in [0, 0.1) is 5.92 Å². The minimum Gasteiger partial charge on any atom is -0.481 e. The van der Waals surface area contributed by atoms with Crippen LogP contribution in [0.2, 0.25) is 0 Å². The molecule has 0 spiro atoms. The zero-order chi connectivity index (χ0) is 31.6. The zero-order valence-corrected chi connectivity index (χ0v) is 23.8. The Hall–Kier alpha value is -4.01. The fourth-order valence-electron chi connectivity index (χ4n) is 4.10. The largest absolute Gasteiger partial charge is 0.524 e. The van der Waals surface area contributed by atoms with E-state index >= 15 is 0 Å². The van der Waals surface area contributed by atoms with Crippen LogP contribution in [0.3, 0.4) is 0 Å². The van der Waals surface area contributed by atoms with E-state index in [0.29, 0.717) is 12.0 Å². The molecule has 4 amide bonds. The monoisotopic (exact) mass is 614 g/mol. The van der Waals surface area contributed by atoms with Crippen molar-refractivity contribution >= 4 is 43.4 Å². The van der Waals surface area contributed by atoms with Gasteiger partial charge in [0.15, 0.2) is 0 Å². The van der Waals surface area contributed by atoms with Crippen molar-refractivity contribution in [3.63, 3.8) is 0 Å². The summed E-state index contributed by atoms with van der Waals surface area (Å²) < 4.78 is 15.5. The lowest BCUT2D eigenvalue weighted by atomic mass is 9.98. The van der Waals surface area contributed by atoms with Gasteiger partial charge in [-0.25, -0.2) is 9.36 Å². The molecular formula is C25H35N4O12P. The Labute approximate surface area is 240 Å². The van der Waals surface area contributed by atoms with Crippen molar-refractivity contribution in [2.24, 2.45) is 5.92 Å². The predicted octanol–water partition coefficient (Wildman–Crippen LogP) is -0.571. The maximum absolute atomic E-state index is 13.1. The van der Waals surface area contributed by atoms with Gasteiger partial charge in [0.25, 0.3) is 0 Å². The summed E-state index contributed by atoms with van der Waals surface area (Å²) in [6.45, 7) is 3.34. The average Bonchev–Trinajstić information content (AvgIpc) is 2.89. The van der Waals surface area contributed by atoms with Crippen molar-refractivity contribution in [3.05, 3.63) is 29.8 Å². The highest BCUT2D eigenvalue weighted by molar-refractivity contribution is 7.46.